The number of para-hydroxylation sites is 1. The lowest BCUT2D eigenvalue weighted by Crippen LogP contribution is -2.51. The van der Waals surface area contributed by atoms with Crippen LogP contribution in [0.4, 0.5) is 18.9 Å². The number of anilines is 1. The Hall–Kier alpha value is -3.82. The van der Waals surface area contributed by atoms with E-state index in [1.165, 1.54) is 42.5 Å². The molecule has 0 saturated carbocycles. The van der Waals surface area contributed by atoms with Crippen LogP contribution in [0.1, 0.15) is 37.9 Å². The van der Waals surface area contributed by atoms with Crippen LogP contribution >= 0.6 is 11.6 Å². The van der Waals surface area contributed by atoms with Crippen LogP contribution < -0.4 is 4.90 Å². The van der Waals surface area contributed by atoms with Crippen LogP contribution in [0.2, 0.25) is 5.02 Å². The predicted molar refractivity (Wildman–Crippen MR) is 124 cm³/mol. The number of benzene rings is 3. The largest absolute Gasteiger partial charge is 0.418 e. The predicted octanol–water partition coefficient (Wildman–Crippen LogP) is 5.05. The van der Waals surface area contributed by atoms with Gasteiger partial charge in [0.05, 0.1) is 29.2 Å². The van der Waals surface area contributed by atoms with Gasteiger partial charge in [0.1, 0.15) is 0 Å². The van der Waals surface area contributed by atoms with E-state index in [-0.39, 0.29) is 11.1 Å². The molecule has 10 heteroatoms. The number of Topliss-reactive ketones (excluding diaryl/α,β-unsaturated/α-hetero) is 2. The number of hydrogen-bond acceptors (Lipinski definition) is 5. The molecule has 1 spiro atoms. The van der Waals surface area contributed by atoms with Gasteiger partial charge < -0.3 is 4.74 Å². The first-order valence-electron chi connectivity index (χ1n) is 11.2. The Bertz CT molecular complexity index is 1480. The summed E-state index contributed by atoms with van der Waals surface area (Å²) in [6.07, 6.45) is -6.13. The molecule has 2 heterocycles. The fourth-order valence-electron chi connectivity index (χ4n) is 5.62. The number of amides is 2. The van der Waals surface area contributed by atoms with E-state index in [0.29, 0.717) is 15.5 Å². The highest BCUT2D eigenvalue weighted by atomic mass is 35.5. The first-order chi connectivity index (χ1) is 17.6. The van der Waals surface area contributed by atoms with Crippen molar-refractivity contribution in [1.29, 1.82) is 0 Å². The van der Waals surface area contributed by atoms with Crippen LogP contribution in [-0.4, -0.2) is 29.0 Å². The number of imide groups is 1. The van der Waals surface area contributed by atoms with Gasteiger partial charge in [0, 0.05) is 16.1 Å². The van der Waals surface area contributed by atoms with Crippen molar-refractivity contribution in [2.24, 2.45) is 11.8 Å². The van der Waals surface area contributed by atoms with E-state index < -0.39 is 64.3 Å². The maximum absolute atomic E-state index is 13.8. The Morgan fingerprint density at radius 1 is 0.784 bits per heavy atom. The third kappa shape index (κ3) is 3.10. The lowest BCUT2D eigenvalue weighted by Gasteiger charge is -2.28. The maximum atomic E-state index is 13.8. The van der Waals surface area contributed by atoms with Gasteiger partial charge in [-0.25, -0.2) is 4.90 Å². The summed E-state index contributed by atoms with van der Waals surface area (Å²) in [4.78, 5) is 55.4. The van der Waals surface area contributed by atoms with Gasteiger partial charge in [0.15, 0.2) is 0 Å². The molecule has 1 aliphatic carbocycles. The van der Waals surface area contributed by atoms with E-state index in [2.05, 4.69) is 0 Å². The van der Waals surface area contributed by atoms with E-state index in [1.54, 1.807) is 12.1 Å². The van der Waals surface area contributed by atoms with Gasteiger partial charge in [-0.2, -0.15) is 13.2 Å². The summed E-state index contributed by atoms with van der Waals surface area (Å²) >= 11 is 5.99. The summed E-state index contributed by atoms with van der Waals surface area (Å²) < 4.78 is 47.6. The number of nitrogens with zero attached hydrogens (tertiary/aromatic N) is 1. The second-order valence-corrected chi connectivity index (χ2v) is 9.50. The van der Waals surface area contributed by atoms with Gasteiger partial charge in [-0.3, -0.25) is 19.2 Å². The summed E-state index contributed by atoms with van der Waals surface area (Å²) in [5.74, 6) is -6.76. The summed E-state index contributed by atoms with van der Waals surface area (Å²) in [6.45, 7) is 0. The summed E-state index contributed by atoms with van der Waals surface area (Å²) in [7, 11) is 0. The van der Waals surface area contributed by atoms with Crippen LogP contribution in [-0.2, 0) is 20.5 Å². The third-order valence-electron chi connectivity index (χ3n) is 7.17. The highest BCUT2D eigenvalue weighted by Gasteiger charge is 2.75. The Labute approximate surface area is 212 Å². The zero-order valence-electron chi connectivity index (χ0n) is 18.7. The number of alkyl halides is 3. The Morgan fingerprint density at radius 3 is 1.95 bits per heavy atom. The SMILES string of the molecule is O=C1[C@@H]2[C@H](c3ccc(Cl)cc3)OC3(C(=O)c4ccccc4C3=O)[C@H]2C(=O)N1c1ccccc1C(F)(F)F. The van der Waals surface area contributed by atoms with E-state index in [1.807, 2.05) is 0 Å². The maximum Gasteiger partial charge on any atom is 0.418 e. The third-order valence-corrected chi connectivity index (χ3v) is 7.42. The molecule has 186 valence electrons. The second kappa shape index (κ2) is 7.84. The summed E-state index contributed by atoms with van der Waals surface area (Å²) in [6, 6.07) is 16.1. The van der Waals surface area contributed by atoms with Gasteiger partial charge in [-0.15, -0.1) is 0 Å². The number of fused-ring (bicyclic) bond motifs is 3. The number of rotatable bonds is 2. The molecule has 3 aromatic rings. The zero-order chi connectivity index (χ0) is 26.3. The first kappa shape index (κ1) is 23.6. The fraction of sp³-hybridized carbons (Fsp3) is 0.185. The van der Waals surface area contributed by atoms with E-state index in [9.17, 15) is 32.3 Å². The molecule has 3 atom stereocenters. The number of ether oxygens (including phenoxy) is 1. The number of ketones is 2. The van der Waals surface area contributed by atoms with Crippen molar-refractivity contribution in [3.63, 3.8) is 0 Å². The van der Waals surface area contributed by atoms with Crippen molar-refractivity contribution in [1.82, 2.24) is 0 Å². The number of carbonyl (C=O) groups excluding carboxylic acids is 4. The number of halogens is 4. The monoisotopic (exact) mass is 525 g/mol. The van der Waals surface area contributed by atoms with E-state index >= 15 is 0 Å². The van der Waals surface area contributed by atoms with Crippen molar-refractivity contribution in [3.8, 4) is 0 Å². The minimum atomic E-state index is -4.87. The molecule has 0 unspecified atom stereocenters. The van der Waals surface area contributed by atoms with Crippen molar-refractivity contribution in [2.45, 2.75) is 17.9 Å². The molecule has 3 aromatic carbocycles. The molecular weight excluding hydrogens is 511 g/mol. The summed E-state index contributed by atoms with van der Waals surface area (Å²) in [5.41, 5.74) is -3.84. The molecule has 2 aliphatic heterocycles. The van der Waals surface area contributed by atoms with E-state index in [4.69, 9.17) is 16.3 Å². The molecule has 0 bridgehead atoms. The van der Waals surface area contributed by atoms with Crippen LogP contribution in [0.25, 0.3) is 0 Å². The van der Waals surface area contributed by atoms with Crippen LogP contribution in [0.3, 0.4) is 0 Å². The lowest BCUT2D eigenvalue weighted by atomic mass is 9.77. The molecule has 2 saturated heterocycles. The van der Waals surface area contributed by atoms with Crippen molar-refractivity contribution in [3.05, 3.63) is 100 Å². The average molecular weight is 526 g/mol. The second-order valence-electron chi connectivity index (χ2n) is 9.06. The zero-order valence-corrected chi connectivity index (χ0v) is 19.4. The first-order valence-corrected chi connectivity index (χ1v) is 11.6. The molecule has 37 heavy (non-hydrogen) atoms. The normalized spacial score (nSPS) is 24.2. The van der Waals surface area contributed by atoms with Crippen LogP contribution in [0.15, 0.2) is 72.8 Å². The van der Waals surface area contributed by atoms with E-state index in [0.717, 1.165) is 18.2 Å². The molecule has 0 N–H and O–H groups in total. The molecule has 2 fully saturated rings. The van der Waals surface area contributed by atoms with Gasteiger partial charge in [-0.1, -0.05) is 60.1 Å². The molecule has 0 aromatic heterocycles. The Kier molecular flexibility index (Phi) is 4.99. The van der Waals surface area contributed by atoms with Crippen molar-refractivity contribution < 1.29 is 37.1 Å². The number of carbonyl (C=O) groups is 4. The lowest BCUT2D eigenvalue weighted by molar-refractivity contribution is -0.137. The molecule has 0 radical (unpaired) electrons. The fourth-order valence-corrected chi connectivity index (χ4v) is 5.74. The smallest absolute Gasteiger partial charge is 0.349 e. The minimum Gasteiger partial charge on any atom is -0.349 e. The topological polar surface area (TPSA) is 80.8 Å². The molecule has 3 aliphatic rings. The minimum absolute atomic E-state index is 0.0254. The van der Waals surface area contributed by atoms with Gasteiger partial charge in [0.25, 0.3) is 0 Å². The molecule has 6 nitrogen and oxygen atoms in total. The van der Waals surface area contributed by atoms with Crippen LogP contribution in [0, 0.1) is 11.8 Å². The highest BCUT2D eigenvalue weighted by Crippen LogP contribution is 2.58. The van der Waals surface area contributed by atoms with Gasteiger partial charge in [-0.05, 0) is 29.8 Å². The summed E-state index contributed by atoms with van der Waals surface area (Å²) in [5, 5.41) is 0.364. The molecular formula is C27H15ClF3NO5. The standard InChI is InChI=1S/C27H15ClF3NO5/c28-14-11-9-13(10-12-14)21-19-20(26(37-21)22(33)15-5-1-2-6-16(15)23(26)34)25(36)32(24(19)35)18-8-4-3-7-17(18)27(29,30)31/h1-12,19-21H/t19-,20+,21-/m0/s1. The molecule has 6 rings (SSSR count). The van der Waals surface area contributed by atoms with Crippen molar-refractivity contribution >= 4 is 40.7 Å². The average Bonchev–Trinajstić information content (AvgIpc) is 3.44. The van der Waals surface area contributed by atoms with Crippen LogP contribution in [0.5, 0.6) is 0 Å². The highest BCUT2D eigenvalue weighted by molar-refractivity contribution is 6.37. The Morgan fingerprint density at radius 2 is 1.35 bits per heavy atom. The number of hydrogen-bond donors (Lipinski definition) is 0. The van der Waals surface area contributed by atoms with Gasteiger partial charge >= 0.3 is 6.18 Å². The quantitative estimate of drug-likeness (QED) is 0.345. The Balaban J connectivity index is 1.56. The van der Waals surface area contributed by atoms with Crippen molar-refractivity contribution in [2.75, 3.05) is 4.90 Å². The molecule has 2 amide bonds. The van der Waals surface area contributed by atoms with Gasteiger partial charge in [0.2, 0.25) is 29.0 Å².